The standard InChI is InChI=1S/2C45H39N4.C33H32N3/c1-30-38(45(3,4)5)23-16-26-39(30)46-27-28-47(31(46)2)44-42-36(34-21-12-14-24-40(34)48(42)32-17-8-6-9-18-32)29-37-35-22-13-15-25-41(35)49(43(37)44)33-19-10-7-11-20-33;1-30-37(45(3,4)5)21-15-25-38(30)46-28-29-47(31(46)2)44-42(49-40-23-13-9-18-33(40)34-19-10-14-24-41(34)49)27-26-36-35-20-11-12-22-39(35)48(43(36)44)32-16-7-6-8-17-32;1-23-28(33(3,4)5)17-12-19-29(23)34-21-22-35(24(34)2)31-20-11-16-27-26-15-9-10-18-30(26)36(32(27)31)25-13-7-6-8-14-25/h2*6-29H,1-5H3;6-22H,1-5H3/q3*+1. The van der Waals surface area contributed by atoms with E-state index in [2.05, 4.69) is 549 Å². The maximum Gasteiger partial charge on any atom is 0.263 e. The highest BCUT2D eigenvalue weighted by Crippen LogP contribution is 2.47. The SMILES string of the molecule is Cc1c(-[n+]2ccn(-c3cccc4c5ccccc5n(-c5ccccc5)c34)c2C)cccc1C(C)(C)C.Cc1c(-n2cc[n+](-c3c(-n4c5ccccc5c5ccccc54)ccc4c5ccccc5n(-c5ccccc5)c34)c2C)cccc1C(C)(C)C.Cc1c(-n2cc[n+](-c3c4c(cc5c6ccccc6n(-c6ccccc6)c35)c3ccccc3n4-c3ccccc3)c2C)cccc1C(C)(C)C. The minimum absolute atomic E-state index is 0.0438. The van der Waals surface area contributed by atoms with Gasteiger partial charge in [0.15, 0.2) is 17.1 Å². The van der Waals surface area contributed by atoms with Crippen molar-refractivity contribution in [2.75, 3.05) is 0 Å². The van der Waals surface area contributed by atoms with E-state index < -0.39 is 0 Å². The van der Waals surface area contributed by atoms with Crippen LogP contribution < -0.4 is 13.7 Å². The molecule has 24 rings (SSSR count). The highest BCUT2D eigenvalue weighted by atomic mass is 15.2. The first-order valence-corrected chi connectivity index (χ1v) is 46.9. The number of hydrogen-bond acceptors (Lipinski definition) is 0. The van der Waals surface area contributed by atoms with Crippen LogP contribution in [0.25, 0.3) is 172 Å². The van der Waals surface area contributed by atoms with Crippen molar-refractivity contribution >= 4 is 109 Å². The van der Waals surface area contributed by atoms with Gasteiger partial charge in [-0.05, 0) is 198 Å². The fourth-order valence-corrected chi connectivity index (χ4v) is 22.0. The molecule has 11 heteroatoms. The maximum atomic E-state index is 2.46. The van der Waals surface area contributed by atoms with Crippen LogP contribution in [0, 0.1) is 41.5 Å². The van der Waals surface area contributed by atoms with Gasteiger partial charge in [0.2, 0.25) is 0 Å². The van der Waals surface area contributed by atoms with Crippen LogP contribution >= 0.6 is 0 Å². The second-order valence-corrected chi connectivity index (χ2v) is 39.0. The van der Waals surface area contributed by atoms with Crippen molar-refractivity contribution < 1.29 is 13.7 Å². The molecule has 0 spiro atoms. The average molecular weight is 1740 g/mol. The van der Waals surface area contributed by atoms with E-state index in [1.54, 1.807) is 0 Å². The lowest BCUT2D eigenvalue weighted by atomic mass is 9.83. The Morgan fingerprint density at radius 3 is 0.873 bits per heavy atom. The molecule has 16 aromatic carbocycles. The number of fused-ring (bicyclic) bond motifs is 15. The second-order valence-electron chi connectivity index (χ2n) is 39.0. The third-order valence-corrected chi connectivity index (χ3v) is 28.0. The molecular formula is C123H110N11+3. The van der Waals surface area contributed by atoms with E-state index in [9.17, 15) is 0 Å². The number of hydrogen-bond donors (Lipinski definition) is 0. The molecule has 0 fully saturated rings. The Balaban J connectivity index is 0.000000119. The van der Waals surface area contributed by atoms with E-state index in [0.717, 1.165) is 45.8 Å². The summed E-state index contributed by atoms with van der Waals surface area (Å²) < 4.78 is 26.4. The lowest BCUT2D eigenvalue weighted by molar-refractivity contribution is -0.602. The molecule has 0 bridgehead atoms. The van der Waals surface area contributed by atoms with E-state index in [4.69, 9.17) is 0 Å². The largest absolute Gasteiger partial charge is 0.305 e. The highest BCUT2D eigenvalue weighted by molar-refractivity contribution is 6.23. The minimum atomic E-state index is 0.0438. The van der Waals surface area contributed by atoms with Crippen LogP contribution in [0.2, 0.25) is 0 Å². The van der Waals surface area contributed by atoms with E-state index >= 15 is 0 Å². The average Bonchev–Trinajstić information content (AvgIpc) is 1.54. The summed E-state index contributed by atoms with van der Waals surface area (Å²) in [4.78, 5) is 0. The first kappa shape index (κ1) is 83.7. The van der Waals surface area contributed by atoms with Gasteiger partial charge in [0.05, 0.1) is 38.8 Å². The molecule has 0 aliphatic rings. The Morgan fingerprint density at radius 1 is 0.201 bits per heavy atom. The monoisotopic (exact) mass is 1740 g/mol. The van der Waals surface area contributed by atoms with Crippen molar-refractivity contribution in [2.24, 2.45) is 0 Å². The number of para-hydroxylation sites is 11. The Bertz CT molecular complexity index is 8540. The Hall–Kier alpha value is -15.9. The van der Waals surface area contributed by atoms with Crippen LogP contribution in [0.5, 0.6) is 0 Å². The molecule has 0 N–H and O–H groups in total. The predicted molar refractivity (Wildman–Crippen MR) is 558 cm³/mol. The van der Waals surface area contributed by atoms with Gasteiger partial charge in [-0.1, -0.05) is 293 Å². The summed E-state index contributed by atoms with van der Waals surface area (Å²) in [5.74, 6) is 3.44. The van der Waals surface area contributed by atoms with Gasteiger partial charge in [-0.25, -0.2) is 0 Å². The van der Waals surface area contributed by atoms with Crippen molar-refractivity contribution in [1.82, 2.24) is 36.5 Å². The normalized spacial score (nSPS) is 12.1. The molecule has 0 unspecified atom stereocenters. The predicted octanol–water partition coefficient (Wildman–Crippen LogP) is 29.5. The zero-order chi connectivity index (χ0) is 91.9. The van der Waals surface area contributed by atoms with Gasteiger partial charge < -0.3 is 22.8 Å². The molecule has 134 heavy (non-hydrogen) atoms. The number of rotatable bonds is 11. The second kappa shape index (κ2) is 32.6. The zero-order valence-corrected chi connectivity index (χ0v) is 78.9. The fraction of sp³-hybridized carbons (Fsp3) is 0.146. The zero-order valence-electron chi connectivity index (χ0n) is 78.9. The Kier molecular flexibility index (Phi) is 20.4. The molecule has 654 valence electrons. The molecule has 11 nitrogen and oxygen atoms in total. The summed E-state index contributed by atoms with van der Waals surface area (Å²) in [5.41, 5.74) is 33.0. The van der Waals surface area contributed by atoms with E-state index in [-0.39, 0.29) is 16.2 Å². The van der Waals surface area contributed by atoms with Crippen LogP contribution in [0.1, 0.15) is 113 Å². The third-order valence-electron chi connectivity index (χ3n) is 28.0. The molecule has 0 saturated heterocycles. The van der Waals surface area contributed by atoms with Gasteiger partial charge in [0.1, 0.15) is 76.3 Å². The van der Waals surface area contributed by atoms with Gasteiger partial charge in [-0.3, -0.25) is 0 Å². The summed E-state index contributed by atoms with van der Waals surface area (Å²) in [6, 6.07) is 130. The van der Waals surface area contributed by atoms with Crippen LogP contribution in [0.4, 0.5) is 0 Å². The summed E-state index contributed by atoms with van der Waals surface area (Å²) in [7, 11) is 0. The number of nitrogens with zero attached hydrogens (tertiary/aromatic N) is 11. The summed E-state index contributed by atoms with van der Waals surface area (Å²) >= 11 is 0. The lowest BCUT2D eigenvalue weighted by Gasteiger charge is -2.22. The van der Waals surface area contributed by atoms with Gasteiger partial charge in [-0.2, -0.15) is 27.4 Å². The van der Waals surface area contributed by atoms with Crippen LogP contribution in [0.15, 0.2) is 395 Å². The van der Waals surface area contributed by atoms with Gasteiger partial charge in [0, 0.05) is 97.4 Å². The van der Waals surface area contributed by atoms with E-state index in [0.29, 0.717) is 0 Å². The topological polar surface area (TPSA) is 51.1 Å². The Morgan fingerprint density at radius 2 is 0.478 bits per heavy atom. The van der Waals surface area contributed by atoms with Crippen LogP contribution in [0.3, 0.4) is 0 Å². The number of aromatic nitrogens is 11. The van der Waals surface area contributed by atoms with Gasteiger partial charge in [-0.15, -0.1) is 0 Å². The number of benzene rings is 16. The first-order valence-electron chi connectivity index (χ1n) is 46.9. The summed E-state index contributed by atoms with van der Waals surface area (Å²) in [6.45, 7) is 34.1. The summed E-state index contributed by atoms with van der Waals surface area (Å²) in [5, 5.41) is 12.5. The fourth-order valence-electron chi connectivity index (χ4n) is 22.0. The van der Waals surface area contributed by atoms with Gasteiger partial charge in [0.25, 0.3) is 17.5 Å². The number of imidazole rings is 3. The molecule has 0 atom stereocenters. The van der Waals surface area contributed by atoms with Crippen LogP contribution in [-0.2, 0) is 16.2 Å². The van der Waals surface area contributed by atoms with Gasteiger partial charge >= 0.3 is 0 Å². The third kappa shape index (κ3) is 13.6. The Labute approximate surface area is 782 Å². The van der Waals surface area contributed by atoms with Crippen molar-refractivity contribution in [1.29, 1.82) is 0 Å². The molecule has 8 heterocycles. The maximum absolute atomic E-state index is 2.46. The molecule has 0 radical (unpaired) electrons. The van der Waals surface area contributed by atoms with E-state index in [1.807, 2.05) is 0 Å². The highest BCUT2D eigenvalue weighted by Gasteiger charge is 2.35. The summed E-state index contributed by atoms with van der Waals surface area (Å²) in [6.07, 6.45) is 13.4. The molecule has 24 aromatic rings. The molecule has 0 aliphatic heterocycles. The molecule has 0 saturated carbocycles. The van der Waals surface area contributed by atoms with Crippen molar-refractivity contribution in [3.8, 4) is 62.6 Å². The molecule has 8 aromatic heterocycles. The van der Waals surface area contributed by atoms with Crippen LogP contribution in [-0.4, -0.2) is 36.5 Å². The first-order chi connectivity index (χ1) is 65.0. The molecular weight excluding hydrogens is 1630 g/mol. The molecule has 0 aliphatic carbocycles. The van der Waals surface area contributed by atoms with Crippen molar-refractivity contribution in [2.45, 2.75) is 120 Å². The minimum Gasteiger partial charge on any atom is -0.305 e. The van der Waals surface area contributed by atoms with Crippen molar-refractivity contribution in [3.05, 3.63) is 446 Å². The van der Waals surface area contributed by atoms with Crippen molar-refractivity contribution in [3.63, 3.8) is 0 Å². The quantitative estimate of drug-likeness (QED) is 0.116. The molecule has 0 amide bonds. The lowest BCUT2D eigenvalue weighted by Crippen LogP contribution is -2.35. The smallest absolute Gasteiger partial charge is 0.263 e. The van der Waals surface area contributed by atoms with E-state index in [1.165, 1.54) is 177 Å².